The molecule has 1 aromatic heterocycles. The van der Waals surface area contributed by atoms with Crippen LogP contribution in [0.5, 0.6) is 0 Å². The molecule has 0 aromatic carbocycles. The Morgan fingerprint density at radius 1 is 1.47 bits per heavy atom. The standard InChI is InChI=1S/C15H25N3O/c1-3-9-16-15-17-13(2)12-18(15)10-11-19-14-7-5-4-6-8-14/h3,12,14H,1,4-11H2,2H3,(H,16,17). The van der Waals surface area contributed by atoms with E-state index in [4.69, 9.17) is 4.74 Å². The predicted molar refractivity (Wildman–Crippen MR) is 78.5 cm³/mol. The lowest BCUT2D eigenvalue weighted by atomic mass is 9.98. The van der Waals surface area contributed by atoms with Gasteiger partial charge < -0.3 is 14.6 Å². The lowest BCUT2D eigenvalue weighted by molar-refractivity contribution is 0.0243. The third kappa shape index (κ3) is 4.39. The number of aromatic nitrogens is 2. The summed E-state index contributed by atoms with van der Waals surface area (Å²) in [5.41, 5.74) is 1.03. The summed E-state index contributed by atoms with van der Waals surface area (Å²) in [5, 5.41) is 3.25. The number of hydrogen-bond donors (Lipinski definition) is 1. The Bertz CT molecular complexity index is 394. The highest BCUT2D eigenvalue weighted by atomic mass is 16.5. The number of ether oxygens (including phenoxy) is 1. The fraction of sp³-hybridized carbons (Fsp3) is 0.667. The van der Waals surface area contributed by atoms with Crippen molar-refractivity contribution in [3.63, 3.8) is 0 Å². The van der Waals surface area contributed by atoms with Crippen LogP contribution in [0.4, 0.5) is 5.95 Å². The van der Waals surface area contributed by atoms with E-state index in [1.165, 1.54) is 32.1 Å². The number of nitrogens with zero attached hydrogens (tertiary/aromatic N) is 2. The lowest BCUT2D eigenvalue weighted by Gasteiger charge is -2.22. The second-order valence-corrected chi connectivity index (χ2v) is 5.20. The third-order valence-electron chi connectivity index (χ3n) is 3.54. The van der Waals surface area contributed by atoms with E-state index in [2.05, 4.69) is 27.6 Å². The van der Waals surface area contributed by atoms with Crippen LogP contribution >= 0.6 is 0 Å². The first-order chi connectivity index (χ1) is 9.29. The van der Waals surface area contributed by atoms with Crippen LogP contribution in [0.1, 0.15) is 37.8 Å². The Morgan fingerprint density at radius 2 is 2.26 bits per heavy atom. The zero-order valence-electron chi connectivity index (χ0n) is 11.9. The van der Waals surface area contributed by atoms with E-state index >= 15 is 0 Å². The van der Waals surface area contributed by atoms with Gasteiger partial charge in [0, 0.05) is 19.3 Å². The highest BCUT2D eigenvalue weighted by Crippen LogP contribution is 2.20. The summed E-state index contributed by atoms with van der Waals surface area (Å²) in [6.07, 6.45) is 10.8. The Labute approximate surface area is 115 Å². The van der Waals surface area contributed by atoms with E-state index in [0.717, 1.165) is 31.3 Å². The molecule has 0 spiro atoms. The molecule has 0 saturated heterocycles. The lowest BCUT2D eigenvalue weighted by Crippen LogP contribution is -2.19. The summed E-state index contributed by atoms with van der Waals surface area (Å²) in [6.45, 7) is 8.08. The van der Waals surface area contributed by atoms with Gasteiger partial charge in [0.2, 0.25) is 5.95 Å². The second kappa shape index (κ2) is 7.34. The van der Waals surface area contributed by atoms with Crippen LogP contribution in [0.3, 0.4) is 0 Å². The largest absolute Gasteiger partial charge is 0.376 e. The molecule has 0 atom stereocenters. The number of anilines is 1. The van der Waals surface area contributed by atoms with E-state index in [-0.39, 0.29) is 0 Å². The van der Waals surface area contributed by atoms with Gasteiger partial charge in [-0.2, -0.15) is 0 Å². The maximum atomic E-state index is 5.96. The van der Waals surface area contributed by atoms with E-state index < -0.39 is 0 Å². The summed E-state index contributed by atoms with van der Waals surface area (Å²) in [4.78, 5) is 4.46. The molecule has 0 bridgehead atoms. The Balaban J connectivity index is 1.79. The molecule has 1 aromatic rings. The van der Waals surface area contributed by atoms with Crippen molar-refractivity contribution < 1.29 is 4.74 Å². The minimum Gasteiger partial charge on any atom is -0.376 e. The number of nitrogens with one attached hydrogen (secondary N) is 1. The summed E-state index contributed by atoms with van der Waals surface area (Å²) in [6, 6.07) is 0. The fourth-order valence-corrected chi connectivity index (χ4v) is 2.57. The average molecular weight is 263 g/mol. The SMILES string of the molecule is C=CCNc1nc(C)cn1CCOC1CCCCC1. The normalized spacial score (nSPS) is 16.5. The van der Waals surface area contributed by atoms with E-state index in [0.29, 0.717) is 6.10 Å². The van der Waals surface area contributed by atoms with Crippen molar-refractivity contribution in [2.75, 3.05) is 18.5 Å². The molecule has 0 radical (unpaired) electrons. The van der Waals surface area contributed by atoms with Gasteiger partial charge in [0.15, 0.2) is 0 Å². The number of rotatable bonds is 7. The van der Waals surface area contributed by atoms with Crippen LogP contribution < -0.4 is 5.32 Å². The van der Waals surface area contributed by atoms with Crippen molar-refractivity contribution in [2.45, 2.75) is 51.7 Å². The van der Waals surface area contributed by atoms with E-state index in [1.54, 1.807) is 0 Å². The molecule has 19 heavy (non-hydrogen) atoms. The van der Waals surface area contributed by atoms with Gasteiger partial charge in [-0.05, 0) is 19.8 Å². The molecule has 1 aliphatic rings. The number of imidazole rings is 1. The molecule has 0 amide bonds. The molecule has 2 rings (SSSR count). The van der Waals surface area contributed by atoms with Crippen LogP contribution in [0.2, 0.25) is 0 Å². The molecular weight excluding hydrogens is 238 g/mol. The molecule has 0 unspecified atom stereocenters. The van der Waals surface area contributed by atoms with Gasteiger partial charge in [-0.3, -0.25) is 0 Å². The van der Waals surface area contributed by atoms with Gasteiger partial charge in [0.05, 0.1) is 18.4 Å². The van der Waals surface area contributed by atoms with Crippen molar-refractivity contribution in [2.24, 2.45) is 0 Å². The van der Waals surface area contributed by atoms with Crippen molar-refractivity contribution in [1.82, 2.24) is 9.55 Å². The quantitative estimate of drug-likeness (QED) is 0.768. The maximum Gasteiger partial charge on any atom is 0.203 e. The molecule has 4 heteroatoms. The van der Waals surface area contributed by atoms with Crippen molar-refractivity contribution in [1.29, 1.82) is 0 Å². The van der Waals surface area contributed by atoms with Gasteiger partial charge in [-0.15, -0.1) is 6.58 Å². The highest BCUT2D eigenvalue weighted by molar-refractivity contribution is 5.29. The average Bonchev–Trinajstić information content (AvgIpc) is 2.78. The molecule has 106 valence electrons. The third-order valence-corrected chi connectivity index (χ3v) is 3.54. The van der Waals surface area contributed by atoms with Crippen LogP contribution in [0, 0.1) is 6.92 Å². The Morgan fingerprint density at radius 3 is 3.00 bits per heavy atom. The zero-order chi connectivity index (χ0) is 13.5. The fourth-order valence-electron chi connectivity index (χ4n) is 2.57. The summed E-state index contributed by atoms with van der Waals surface area (Å²) < 4.78 is 8.09. The summed E-state index contributed by atoms with van der Waals surface area (Å²) in [7, 11) is 0. The smallest absolute Gasteiger partial charge is 0.203 e. The molecule has 0 aliphatic heterocycles. The van der Waals surface area contributed by atoms with E-state index in [1.807, 2.05) is 13.0 Å². The first-order valence-corrected chi connectivity index (χ1v) is 7.29. The molecule has 1 aliphatic carbocycles. The molecule has 1 heterocycles. The topological polar surface area (TPSA) is 39.1 Å². The van der Waals surface area contributed by atoms with Gasteiger partial charge in [0.25, 0.3) is 0 Å². The van der Waals surface area contributed by atoms with Crippen molar-refractivity contribution in [3.05, 3.63) is 24.5 Å². The van der Waals surface area contributed by atoms with Gasteiger partial charge in [-0.25, -0.2) is 4.98 Å². The van der Waals surface area contributed by atoms with Crippen LogP contribution in [0.25, 0.3) is 0 Å². The monoisotopic (exact) mass is 263 g/mol. The highest BCUT2D eigenvalue weighted by Gasteiger charge is 2.13. The van der Waals surface area contributed by atoms with E-state index in [9.17, 15) is 0 Å². The zero-order valence-corrected chi connectivity index (χ0v) is 11.9. The molecule has 1 N–H and O–H groups in total. The van der Waals surface area contributed by atoms with Gasteiger partial charge in [0.1, 0.15) is 0 Å². The molecule has 1 fully saturated rings. The number of aryl methyl sites for hydroxylation is 1. The first-order valence-electron chi connectivity index (χ1n) is 7.29. The van der Waals surface area contributed by atoms with Gasteiger partial charge in [-0.1, -0.05) is 25.3 Å². The van der Waals surface area contributed by atoms with Crippen LogP contribution in [-0.4, -0.2) is 28.8 Å². The number of hydrogen-bond acceptors (Lipinski definition) is 3. The maximum absolute atomic E-state index is 5.96. The summed E-state index contributed by atoms with van der Waals surface area (Å²) >= 11 is 0. The Hall–Kier alpha value is -1.29. The summed E-state index contributed by atoms with van der Waals surface area (Å²) in [5.74, 6) is 0.907. The first kappa shape index (κ1) is 14.1. The Kier molecular flexibility index (Phi) is 5.45. The minimum absolute atomic E-state index is 0.475. The van der Waals surface area contributed by atoms with Crippen molar-refractivity contribution >= 4 is 5.95 Å². The second-order valence-electron chi connectivity index (χ2n) is 5.20. The van der Waals surface area contributed by atoms with Crippen LogP contribution in [-0.2, 0) is 11.3 Å². The van der Waals surface area contributed by atoms with Crippen molar-refractivity contribution in [3.8, 4) is 0 Å². The molecule has 1 saturated carbocycles. The molecular formula is C15H25N3O. The predicted octanol–water partition coefficient (Wildman–Crippen LogP) is 3.14. The molecule has 4 nitrogen and oxygen atoms in total. The van der Waals surface area contributed by atoms with Gasteiger partial charge >= 0.3 is 0 Å². The van der Waals surface area contributed by atoms with Crippen LogP contribution in [0.15, 0.2) is 18.9 Å². The minimum atomic E-state index is 0.475.